The Hall–Kier alpha value is -3.74. The van der Waals surface area contributed by atoms with Crippen LogP contribution < -0.4 is 5.32 Å². The van der Waals surface area contributed by atoms with Gasteiger partial charge in [0.1, 0.15) is 17.3 Å². The number of para-hydroxylation sites is 1. The fraction of sp³-hybridized carbons (Fsp3) is 0.208. The second-order valence-electron chi connectivity index (χ2n) is 7.69. The van der Waals surface area contributed by atoms with Gasteiger partial charge >= 0.3 is 0 Å². The molecule has 2 aromatic heterocycles. The van der Waals surface area contributed by atoms with E-state index in [-0.39, 0.29) is 11.7 Å². The third-order valence-corrected chi connectivity index (χ3v) is 5.62. The summed E-state index contributed by atoms with van der Waals surface area (Å²) in [4.78, 5) is 17.5. The van der Waals surface area contributed by atoms with Crippen LogP contribution in [0.3, 0.4) is 0 Å². The summed E-state index contributed by atoms with van der Waals surface area (Å²) in [6.45, 7) is 3.75. The molecular weight excluding hydrogens is 395 g/mol. The molecule has 1 N–H and O–H groups in total. The van der Waals surface area contributed by atoms with Crippen molar-refractivity contribution in [1.29, 1.82) is 0 Å². The average molecular weight is 416 g/mol. The van der Waals surface area contributed by atoms with E-state index < -0.39 is 0 Å². The number of aromatic nitrogens is 3. The lowest BCUT2D eigenvalue weighted by Gasteiger charge is -2.07. The van der Waals surface area contributed by atoms with Gasteiger partial charge in [-0.1, -0.05) is 18.2 Å². The van der Waals surface area contributed by atoms with Gasteiger partial charge in [0, 0.05) is 22.5 Å². The van der Waals surface area contributed by atoms with E-state index in [1.807, 2.05) is 32.0 Å². The van der Waals surface area contributed by atoms with Crippen LogP contribution in [-0.2, 0) is 12.8 Å². The summed E-state index contributed by atoms with van der Waals surface area (Å²) in [7, 11) is 0. The molecule has 7 heteroatoms. The van der Waals surface area contributed by atoms with Crippen molar-refractivity contribution in [3.05, 3.63) is 82.8 Å². The van der Waals surface area contributed by atoms with Crippen LogP contribution in [0.15, 0.2) is 52.9 Å². The maximum atomic E-state index is 14.4. The van der Waals surface area contributed by atoms with Gasteiger partial charge in [-0.3, -0.25) is 4.79 Å². The van der Waals surface area contributed by atoms with Crippen LogP contribution in [0.2, 0.25) is 0 Å². The van der Waals surface area contributed by atoms with E-state index in [1.54, 1.807) is 28.9 Å². The fourth-order valence-electron chi connectivity index (χ4n) is 3.96. The predicted molar refractivity (Wildman–Crippen MR) is 115 cm³/mol. The van der Waals surface area contributed by atoms with Gasteiger partial charge in [-0.25, -0.2) is 14.1 Å². The highest BCUT2D eigenvalue weighted by Crippen LogP contribution is 2.30. The van der Waals surface area contributed by atoms with Crippen LogP contribution >= 0.6 is 0 Å². The molecule has 1 aliphatic rings. The van der Waals surface area contributed by atoms with Gasteiger partial charge in [0.2, 0.25) is 5.89 Å². The predicted octanol–water partition coefficient (Wildman–Crippen LogP) is 5.02. The van der Waals surface area contributed by atoms with E-state index in [0.29, 0.717) is 23.0 Å². The molecule has 31 heavy (non-hydrogen) atoms. The maximum absolute atomic E-state index is 14.4. The largest absolute Gasteiger partial charge is 0.441 e. The number of halogens is 1. The summed E-state index contributed by atoms with van der Waals surface area (Å²) in [5.74, 6) is 0.593. The molecule has 0 radical (unpaired) electrons. The summed E-state index contributed by atoms with van der Waals surface area (Å²) in [5, 5.41) is 7.41. The number of carbonyl (C=O) groups is 1. The minimum Gasteiger partial charge on any atom is -0.441 e. The van der Waals surface area contributed by atoms with E-state index in [2.05, 4.69) is 15.4 Å². The van der Waals surface area contributed by atoms with Gasteiger partial charge in [-0.05, 0) is 63.4 Å². The Balaban J connectivity index is 1.46. The molecule has 0 fully saturated rings. The number of carbonyl (C=O) groups excluding carboxylic acids is 1. The van der Waals surface area contributed by atoms with Crippen LogP contribution in [-0.4, -0.2) is 20.7 Å². The Bertz CT molecular complexity index is 1290. The molecule has 2 heterocycles. The standard InChI is InChI=1S/C24H21FN4O2/c1-14-15(2)31-24(26-14)16-7-5-8-17(13-16)27-23(30)22-18-9-6-12-20(18)29(28-22)21-11-4-3-10-19(21)25/h3-5,7-8,10-11,13H,6,9,12H2,1-2H3,(H,27,30). The number of rotatable bonds is 4. The third-order valence-electron chi connectivity index (χ3n) is 5.62. The van der Waals surface area contributed by atoms with Gasteiger partial charge in [0.05, 0.1) is 5.69 Å². The molecule has 1 aliphatic carbocycles. The zero-order chi connectivity index (χ0) is 21.5. The summed E-state index contributed by atoms with van der Waals surface area (Å²) < 4.78 is 21.6. The number of oxazole rings is 1. The first-order valence-corrected chi connectivity index (χ1v) is 10.2. The molecule has 0 unspecified atom stereocenters. The molecule has 0 bridgehead atoms. The zero-order valence-electron chi connectivity index (χ0n) is 17.3. The molecule has 156 valence electrons. The van der Waals surface area contributed by atoms with Gasteiger partial charge < -0.3 is 9.73 Å². The molecule has 4 aromatic rings. The number of amides is 1. The van der Waals surface area contributed by atoms with Gasteiger partial charge in [0.25, 0.3) is 5.91 Å². The van der Waals surface area contributed by atoms with Crippen molar-refractivity contribution in [2.24, 2.45) is 0 Å². The molecule has 0 saturated heterocycles. The monoisotopic (exact) mass is 416 g/mol. The number of nitrogens with zero attached hydrogens (tertiary/aromatic N) is 3. The highest BCUT2D eigenvalue weighted by atomic mass is 19.1. The quantitative estimate of drug-likeness (QED) is 0.507. The van der Waals surface area contributed by atoms with Crippen LogP contribution in [0.5, 0.6) is 0 Å². The molecule has 1 amide bonds. The van der Waals surface area contributed by atoms with E-state index >= 15 is 0 Å². The summed E-state index contributed by atoms with van der Waals surface area (Å²) >= 11 is 0. The first kappa shape index (κ1) is 19.2. The normalized spacial score (nSPS) is 12.7. The summed E-state index contributed by atoms with van der Waals surface area (Å²) in [6.07, 6.45) is 2.43. The Morgan fingerprint density at radius 3 is 2.74 bits per heavy atom. The van der Waals surface area contributed by atoms with Crippen LogP contribution in [0.4, 0.5) is 10.1 Å². The first-order chi connectivity index (χ1) is 15.0. The zero-order valence-corrected chi connectivity index (χ0v) is 17.3. The average Bonchev–Trinajstić information content (AvgIpc) is 3.45. The van der Waals surface area contributed by atoms with Crippen LogP contribution in [0.1, 0.15) is 39.6 Å². The van der Waals surface area contributed by atoms with Crippen LogP contribution in [0.25, 0.3) is 17.1 Å². The minimum atomic E-state index is -0.365. The number of anilines is 1. The van der Waals surface area contributed by atoms with Crippen molar-refractivity contribution < 1.29 is 13.6 Å². The third kappa shape index (κ3) is 3.42. The molecule has 6 nitrogen and oxygen atoms in total. The number of benzene rings is 2. The van der Waals surface area contributed by atoms with E-state index in [0.717, 1.165) is 47.5 Å². The fourth-order valence-corrected chi connectivity index (χ4v) is 3.96. The van der Waals surface area contributed by atoms with Crippen molar-refractivity contribution in [1.82, 2.24) is 14.8 Å². The number of aryl methyl sites for hydroxylation is 2. The summed E-state index contributed by atoms with van der Waals surface area (Å²) in [6, 6.07) is 13.8. The van der Waals surface area contributed by atoms with Crippen molar-refractivity contribution in [2.75, 3.05) is 5.32 Å². The van der Waals surface area contributed by atoms with Gasteiger partial charge in [-0.15, -0.1) is 0 Å². The lowest BCUT2D eigenvalue weighted by molar-refractivity contribution is 0.102. The smallest absolute Gasteiger partial charge is 0.276 e. The van der Waals surface area contributed by atoms with Crippen molar-refractivity contribution >= 4 is 11.6 Å². The Kier molecular flexibility index (Phi) is 4.66. The van der Waals surface area contributed by atoms with E-state index in [4.69, 9.17) is 4.42 Å². The molecule has 0 spiro atoms. The Labute approximate surface area is 178 Å². The minimum absolute atomic E-state index is 0.315. The van der Waals surface area contributed by atoms with Crippen LogP contribution in [0, 0.1) is 19.7 Å². The van der Waals surface area contributed by atoms with E-state index in [9.17, 15) is 9.18 Å². The van der Waals surface area contributed by atoms with Gasteiger partial charge in [-0.2, -0.15) is 5.10 Å². The molecule has 5 rings (SSSR count). The SMILES string of the molecule is Cc1nc(-c2cccc(NC(=O)c3nn(-c4ccccc4F)c4c3CCC4)c2)oc1C. The Morgan fingerprint density at radius 1 is 1.13 bits per heavy atom. The molecule has 0 saturated carbocycles. The van der Waals surface area contributed by atoms with Crippen molar-refractivity contribution in [3.8, 4) is 17.1 Å². The number of nitrogens with one attached hydrogen (secondary N) is 1. The first-order valence-electron chi connectivity index (χ1n) is 10.2. The second kappa shape index (κ2) is 7.50. The molecule has 0 atom stereocenters. The number of fused-ring (bicyclic) bond motifs is 1. The molecule has 2 aromatic carbocycles. The maximum Gasteiger partial charge on any atom is 0.276 e. The highest BCUT2D eigenvalue weighted by molar-refractivity contribution is 6.04. The van der Waals surface area contributed by atoms with Crippen molar-refractivity contribution in [2.45, 2.75) is 33.1 Å². The second-order valence-corrected chi connectivity index (χ2v) is 7.69. The lowest BCUT2D eigenvalue weighted by atomic mass is 10.1. The topological polar surface area (TPSA) is 73.0 Å². The molecular formula is C24H21FN4O2. The molecule has 0 aliphatic heterocycles. The van der Waals surface area contributed by atoms with Gasteiger partial charge in [0.15, 0.2) is 5.69 Å². The summed E-state index contributed by atoms with van der Waals surface area (Å²) in [5.41, 5.74) is 4.70. The number of hydrogen-bond donors (Lipinski definition) is 1. The highest BCUT2D eigenvalue weighted by Gasteiger charge is 2.28. The Morgan fingerprint density at radius 2 is 1.97 bits per heavy atom. The van der Waals surface area contributed by atoms with Crippen molar-refractivity contribution in [3.63, 3.8) is 0 Å². The lowest BCUT2D eigenvalue weighted by Crippen LogP contribution is -2.15. The number of hydrogen-bond acceptors (Lipinski definition) is 4. The van der Waals surface area contributed by atoms with E-state index in [1.165, 1.54) is 6.07 Å².